The van der Waals surface area contributed by atoms with Crippen LogP contribution in [0.15, 0.2) is 48.5 Å². The number of hydrogen-bond acceptors (Lipinski definition) is 5. The quantitative estimate of drug-likeness (QED) is 0.740. The van der Waals surface area contributed by atoms with Gasteiger partial charge in [-0.1, -0.05) is 6.07 Å². The van der Waals surface area contributed by atoms with Gasteiger partial charge < -0.3 is 20.3 Å². The number of anilines is 2. The minimum Gasteiger partial charge on any atom is -0.497 e. The third-order valence-corrected chi connectivity index (χ3v) is 4.73. The maximum absolute atomic E-state index is 12.9. The Labute approximate surface area is 169 Å². The molecule has 0 bridgehead atoms. The Morgan fingerprint density at radius 3 is 2.45 bits per heavy atom. The summed E-state index contributed by atoms with van der Waals surface area (Å²) in [6.07, 6.45) is 0. The first-order chi connectivity index (χ1) is 14.0. The Morgan fingerprint density at radius 1 is 1.03 bits per heavy atom. The Balaban J connectivity index is 1.38. The first-order valence-corrected chi connectivity index (χ1v) is 9.47. The average molecular weight is 400 g/mol. The van der Waals surface area contributed by atoms with Gasteiger partial charge in [0.1, 0.15) is 11.6 Å². The van der Waals surface area contributed by atoms with Crippen LogP contribution >= 0.6 is 0 Å². The molecule has 0 aliphatic carbocycles. The smallest absolute Gasteiger partial charge is 0.243 e. The monoisotopic (exact) mass is 400 g/mol. The van der Waals surface area contributed by atoms with Gasteiger partial charge in [0.05, 0.1) is 20.2 Å². The third kappa shape index (κ3) is 6.18. The number of nitrogens with zero attached hydrogens (tertiary/aromatic N) is 2. The maximum atomic E-state index is 12.9. The van der Waals surface area contributed by atoms with Crippen LogP contribution in [-0.2, 0) is 9.59 Å². The zero-order chi connectivity index (χ0) is 20.6. The summed E-state index contributed by atoms with van der Waals surface area (Å²) in [5.74, 6) is -0.104. The van der Waals surface area contributed by atoms with Gasteiger partial charge in [0.2, 0.25) is 11.8 Å². The highest BCUT2D eigenvalue weighted by Crippen LogP contribution is 2.22. The Bertz CT molecular complexity index is 836. The van der Waals surface area contributed by atoms with Crippen molar-refractivity contribution in [2.75, 3.05) is 56.6 Å². The lowest BCUT2D eigenvalue weighted by Gasteiger charge is -2.35. The first kappa shape index (κ1) is 20.6. The van der Waals surface area contributed by atoms with E-state index in [4.69, 9.17) is 4.74 Å². The summed E-state index contributed by atoms with van der Waals surface area (Å²) in [5.41, 5.74) is 1.59. The van der Waals surface area contributed by atoms with E-state index in [1.165, 1.54) is 24.3 Å². The number of methoxy groups -OCH3 is 1. The summed E-state index contributed by atoms with van der Waals surface area (Å²) in [7, 11) is 1.65. The molecule has 1 fully saturated rings. The van der Waals surface area contributed by atoms with Gasteiger partial charge in [0, 0.05) is 43.6 Å². The van der Waals surface area contributed by atoms with Gasteiger partial charge in [-0.3, -0.25) is 14.5 Å². The van der Waals surface area contributed by atoms with Crippen LogP contribution in [0.5, 0.6) is 5.75 Å². The predicted molar refractivity (Wildman–Crippen MR) is 110 cm³/mol. The lowest BCUT2D eigenvalue weighted by atomic mass is 10.2. The SMILES string of the molecule is COc1cccc(N2CCN(CC(=O)NCC(=O)Nc3ccc(F)cc3)CC2)c1. The Hall–Kier alpha value is -3.13. The highest BCUT2D eigenvalue weighted by Gasteiger charge is 2.19. The number of piperazine rings is 1. The minimum absolute atomic E-state index is 0.125. The van der Waals surface area contributed by atoms with E-state index in [9.17, 15) is 14.0 Å². The predicted octanol–water partition coefficient (Wildman–Crippen LogP) is 1.71. The summed E-state index contributed by atoms with van der Waals surface area (Å²) in [6, 6.07) is 13.4. The molecule has 8 heteroatoms. The molecule has 1 aliphatic heterocycles. The van der Waals surface area contributed by atoms with Crippen molar-refractivity contribution in [3.8, 4) is 5.75 Å². The van der Waals surface area contributed by atoms with Gasteiger partial charge in [0.25, 0.3) is 0 Å². The molecule has 0 unspecified atom stereocenters. The molecule has 7 nitrogen and oxygen atoms in total. The number of carbonyl (C=O) groups excluding carboxylic acids is 2. The minimum atomic E-state index is -0.372. The number of rotatable bonds is 7. The van der Waals surface area contributed by atoms with Gasteiger partial charge in [-0.25, -0.2) is 4.39 Å². The van der Waals surface area contributed by atoms with Crippen molar-refractivity contribution < 1.29 is 18.7 Å². The maximum Gasteiger partial charge on any atom is 0.243 e. The van der Waals surface area contributed by atoms with E-state index in [0.29, 0.717) is 5.69 Å². The number of carbonyl (C=O) groups is 2. The van der Waals surface area contributed by atoms with Crippen molar-refractivity contribution in [1.82, 2.24) is 10.2 Å². The fourth-order valence-electron chi connectivity index (χ4n) is 3.15. The first-order valence-electron chi connectivity index (χ1n) is 9.47. The van der Waals surface area contributed by atoms with Crippen molar-refractivity contribution >= 4 is 23.2 Å². The van der Waals surface area contributed by atoms with Crippen LogP contribution in [0, 0.1) is 5.82 Å². The van der Waals surface area contributed by atoms with E-state index >= 15 is 0 Å². The number of nitrogens with one attached hydrogen (secondary N) is 2. The second-order valence-corrected chi connectivity index (χ2v) is 6.80. The largest absolute Gasteiger partial charge is 0.497 e. The van der Waals surface area contributed by atoms with Crippen molar-refractivity contribution in [2.24, 2.45) is 0 Å². The van der Waals surface area contributed by atoms with E-state index in [0.717, 1.165) is 37.6 Å². The standard InChI is InChI=1S/C21H25FN4O3/c1-29-19-4-2-3-18(13-19)26-11-9-25(10-12-26)15-21(28)23-14-20(27)24-17-7-5-16(22)6-8-17/h2-8,13H,9-12,14-15H2,1H3,(H,23,28)(H,24,27). The van der Waals surface area contributed by atoms with Crippen LogP contribution in [0.3, 0.4) is 0 Å². The molecular formula is C21H25FN4O3. The van der Waals surface area contributed by atoms with Crippen LogP contribution in [0.25, 0.3) is 0 Å². The Kier molecular flexibility index (Phi) is 7.02. The van der Waals surface area contributed by atoms with Gasteiger partial charge in [-0.15, -0.1) is 0 Å². The average Bonchev–Trinajstić information content (AvgIpc) is 2.74. The van der Waals surface area contributed by atoms with Crippen LogP contribution in [0.4, 0.5) is 15.8 Å². The third-order valence-electron chi connectivity index (χ3n) is 4.73. The molecule has 0 atom stereocenters. The number of ether oxygens (including phenoxy) is 1. The summed E-state index contributed by atoms with van der Waals surface area (Å²) in [6.45, 7) is 3.26. The fourth-order valence-corrected chi connectivity index (χ4v) is 3.15. The molecule has 2 amide bonds. The second-order valence-electron chi connectivity index (χ2n) is 6.80. The Morgan fingerprint density at radius 2 is 1.76 bits per heavy atom. The van der Waals surface area contributed by atoms with Gasteiger partial charge in [-0.2, -0.15) is 0 Å². The van der Waals surface area contributed by atoms with Crippen molar-refractivity contribution in [3.63, 3.8) is 0 Å². The number of amides is 2. The summed E-state index contributed by atoms with van der Waals surface area (Å²) >= 11 is 0. The molecule has 2 aromatic carbocycles. The molecule has 1 aliphatic rings. The van der Waals surface area contributed by atoms with Crippen molar-refractivity contribution in [2.45, 2.75) is 0 Å². The zero-order valence-electron chi connectivity index (χ0n) is 16.4. The normalized spacial score (nSPS) is 14.3. The van der Waals surface area contributed by atoms with Crippen molar-refractivity contribution in [1.29, 1.82) is 0 Å². The van der Waals surface area contributed by atoms with E-state index in [2.05, 4.69) is 20.4 Å². The molecule has 0 saturated carbocycles. The van der Waals surface area contributed by atoms with Gasteiger partial charge >= 0.3 is 0 Å². The summed E-state index contributed by atoms with van der Waals surface area (Å²) in [5, 5.41) is 5.23. The lowest BCUT2D eigenvalue weighted by Crippen LogP contribution is -2.50. The molecule has 0 aromatic heterocycles. The van der Waals surface area contributed by atoms with E-state index in [1.54, 1.807) is 7.11 Å². The highest BCUT2D eigenvalue weighted by atomic mass is 19.1. The molecule has 3 rings (SSSR count). The van der Waals surface area contributed by atoms with Crippen LogP contribution in [-0.4, -0.2) is 63.1 Å². The highest BCUT2D eigenvalue weighted by molar-refractivity contribution is 5.94. The molecule has 1 heterocycles. The number of hydrogen-bond donors (Lipinski definition) is 2. The van der Waals surface area contributed by atoms with Crippen LogP contribution < -0.4 is 20.3 Å². The number of benzene rings is 2. The topological polar surface area (TPSA) is 73.9 Å². The van der Waals surface area contributed by atoms with E-state index in [-0.39, 0.29) is 30.7 Å². The van der Waals surface area contributed by atoms with Crippen LogP contribution in [0.2, 0.25) is 0 Å². The molecule has 2 aromatic rings. The van der Waals surface area contributed by atoms with Crippen LogP contribution in [0.1, 0.15) is 0 Å². The lowest BCUT2D eigenvalue weighted by molar-refractivity contribution is -0.125. The summed E-state index contributed by atoms with van der Waals surface area (Å²) in [4.78, 5) is 28.3. The van der Waals surface area contributed by atoms with E-state index < -0.39 is 0 Å². The second kappa shape index (κ2) is 9.88. The van der Waals surface area contributed by atoms with Gasteiger partial charge in [0.15, 0.2) is 0 Å². The van der Waals surface area contributed by atoms with Gasteiger partial charge in [-0.05, 0) is 36.4 Å². The summed E-state index contributed by atoms with van der Waals surface area (Å²) < 4.78 is 18.1. The molecule has 2 N–H and O–H groups in total. The molecule has 0 radical (unpaired) electrons. The molecule has 0 spiro atoms. The zero-order valence-corrected chi connectivity index (χ0v) is 16.4. The van der Waals surface area contributed by atoms with E-state index in [1.807, 2.05) is 24.3 Å². The molecule has 1 saturated heterocycles. The molecule has 154 valence electrons. The van der Waals surface area contributed by atoms with Crippen molar-refractivity contribution in [3.05, 3.63) is 54.3 Å². The molecule has 29 heavy (non-hydrogen) atoms. The number of halogens is 1. The fraction of sp³-hybridized carbons (Fsp3) is 0.333. The molecular weight excluding hydrogens is 375 g/mol.